The van der Waals surface area contributed by atoms with Crippen LogP contribution in [-0.4, -0.2) is 21.9 Å². The molecule has 0 aliphatic carbocycles. The zero-order chi connectivity index (χ0) is 13.8. The number of hydrogen-bond acceptors (Lipinski definition) is 3. The van der Waals surface area contributed by atoms with Crippen LogP contribution in [0.5, 0.6) is 0 Å². The van der Waals surface area contributed by atoms with E-state index in [1.165, 1.54) is 5.56 Å². The summed E-state index contributed by atoms with van der Waals surface area (Å²) in [5, 5.41) is 1.17. The SMILES string of the molecule is CC(c1ccc(Cl)cc1)N(C)Cc1cnc(Cl)cn1. The molecule has 2 rings (SSSR count). The van der Waals surface area contributed by atoms with Crippen LogP contribution in [-0.2, 0) is 6.54 Å². The van der Waals surface area contributed by atoms with E-state index in [2.05, 4.69) is 28.8 Å². The smallest absolute Gasteiger partial charge is 0.147 e. The van der Waals surface area contributed by atoms with Gasteiger partial charge in [0.05, 0.1) is 18.1 Å². The molecule has 1 heterocycles. The van der Waals surface area contributed by atoms with Gasteiger partial charge in [-0.15, -0.1) is 0 Å². The van der Waals surface area contributed by atoms with Crippen LogP contribution in [0, 0.1) is 0 Å². The van der Waals surface area contributed by atoms with Crippen LogP contribution in [0.25, 0.3) is 0 Å². The zero-order valence-electron chi connectivity index (χ0n) is 10.8. The molecule has 0 N–H and O–H groups in total. The first-order chi connectivity index (χ1) is 9.06. The standard InChI is InChI=1S/C14H15Cl2N3/c1-10(11-3-5-12(15)6-4-11)19(2)9-13-7-18-14(16)8-17-13/h3-8,10H,9H2,1-2H3. The summed E-state index contributed by atoms with van der Waals surface area (Å²) in [5.41, 5.74) is 2.11. The van der Waals surface area contributed by atoms with Crippen LogP contribution in [0.1, 0.15) is 24.2 Å². The highest BCUT2D eigenvalue weighted by Gasteiger charge is 2.12. The highest BCUT2D eigenvalue weighted by Crippen LogP contribution is 2.21. The van der Waals surface area contributed by atoms with E-state index in [4.69, 9.17) is 23.2 Å². The average Bonchev–Trinajstić information content (AvgIpc) is 2.41. The maximum absolute atomic E-state index is 5.90. The minimum absolute atomic E-state index is 0.273. The van der Waals surface area contributed by atoms with Gasteiger partial charge >= 0.3 is 0 Å². The largest absolute Gasteiger partial charge is 0.294 e. The van der Waals surface area contributed by atoms with Crippen LogP contribution < -0.4 is 0 Å². The monoisotopic (exact) mass is 295 g/mol. The molecule has 0 aliphatic heterocycles. The minimum Gasteiger partial charge on any atom is -0.294 e. The fourth-order valence-electron chi connectivity index (χ4n) is 1.81. The van der Waals surface area contributed by atoms with Crippen molar-refractivity contribution < 1.29 is 0 Å². The van der Waals surface area contributed by atoms with E-state index < -0.39 is 0 Å². The molecule has 0 saturated heterocycles. The molecule has 5 heteroatoms. The second-order valence-corrected chi connectivity index (χ2v) is 5.30. The molecule has 0 radical (unpaired) electrons. The molecule has 0 aliphatic rings. The molecular weight excluding hydrogens is 281 g/mol. The van der Waals surface area contributed by atoms with Gasteiger partial charge in [-0.25, -0.2) is 4.98 Å². The molecule has 0 fully saturated rings. The Morgan fingerprint density at radius 1 is 1.11 bits per heavy atom. The number of benzene rings is 1. The van der Waals surface area contributed by atoms with Crippen molar-refractivity contribution in [1.82, 2.24) is 14.9 Å². The van der Waals surface area contributed by atoms with Gasteiger partial charge in [-0.1, -0.05) is 35.3 Å². The molecule has 0 bridgehead atoms. The Bertz CT molecular complexity index is 525. The van der Waals surface area contributed by atoms with Crippen LogP contribution in [0.2, 0.25) is 10.2 Å². The summed E-state index contributed by atoms with van der Waals surface area (Å²) >= 11 is 11.6. The molecule has 2 aromatic rings. The van der Waals surface area contributed by atoms with Gasteiger partial charge in [0.1, 0.15) is 5.15 Å². The lowest BCUT2D eigenvalue weighted by atomic mass is 10.1. The number of nitrogens with zero attached hydrogens (tertiary/aromatic N) is 3. The fraction of sp³-hybridized carbons (Fsp3) is 0.286. The molecule has 0 amide bonds. The Hall–Kier alpha value is -1.16. The van der Waals surface area contributed by atoms with Crippen LogP contribution in [0.3, 0.4) is 0 Å². The van der Waals surface area contributed by atoms with Gasteiger partial charge in [-0.2, -0.15) is 0 Å². The molecule has 3 nitrogen and oxygen atoms in total. The van der Waals surface area contributed by atoms with E-state index in [9.17, 15) is 0 Å². The molecule has 19 heavy (non-hydrogen) atoms. The first kappa shape index (κ1) is 14.3. The van der Waals surface area contributed by atoms with E-state index in [1.807, 2.05) is 24.3 Å². The first-order valence-electron chi connectivity index (χ1n) is 5.98. The lowest BCUT2D eigenvalue weighted by Gasteiger charge is -2.24. The van der Waals surface area contributed by atoms with Crippen molar-refractivity contribution >= 4 is 23.2 Å². The summed E-state index contributed by atoms with van der Waals surface area (Å²) in [7, 11) is 2.05. The number of halogens is 2. The molecular formula is C14H15Cl2N3. The Morgan fingerprint density at radius 3 is 2.37 bits per heavy atom. The van der Waals surface area contributed by atoms with Gasteiger partial charge in [-0.05, 0) is 31.7 Å². The molecule has 0 saturated carbocycles. The fourth-order valence-corrected chi connectivity index (χ4v) is 2.03. The van der Waals surface area contributed by atoms with Gasteiger partial charge in [0.25, 0.3) is 0 Å². The number of hydrogen-bond donors (Lipinski definition) is 0. The van der Waals surface area contributed by atoms with Crippen molar-refractivity contribution in [2.24, 2.45) is 0 Å². The van der Waals surface area contributed by atoms with Gasteiger partial charge in [0.2, 0.25) is 0 Å². The summed E-state index contributed by atoms with van der Waals surface area (Å²) in [6, 6.07) is 8.16. The predicted octanol–water partition coefficient (Wildman–Crippen LogP) is 3.98. The summed E-state index contributed by atoms with van der Waals surface area (Å²) in [6.45, 7) is 2.86. The van der Waals surface area contributed by atoms with Gasteiger partial charge in [0.15, 0.2) is 0 Å². The van der Waals surface area contributed by atoms with E-state index in [0.29, 0.717) is 11.7 Å². The third-order valence-electron chi connectivity index (χ3n) is 3.10. The van der Waals surface area contributed by atoms with Gasteiger partial charge in [-0.3, -0.25) is 9.88 Å². The lowest BCUT2D eigenvalue weighted by molar-refractivity contribution is 0.250. The Balaban J connectivity index is 2.04. The molecule has 1 unspecified atom stereocenters. The summed E-state index contributed by atoms with van der Waals surface area (Å²) in [6.07, 6.45) is 3.27. The maximum atomic E-state index is 5.90. The van der Waals surface area contributed by atoms with Crippen molar-refractivity contribution in [3.05, 3.63) is 58.1 Å². The summed E-state index contributed by atoms with van der Waals surface area (Å²) < 4.78 is 0. The van der Waals surface area contributed by atoms with Gasteiger partial charge in [0, 0.05) is 17.6 Å². The normalized spacial score (nSPS) is 12.7. The van der Waals surface area contributed by atoms with Crippen molar-refractivity contribution in [2.75, 3.05) is 7.05 Å². The van der Waals surface area contributed by atoms with Crippen molar-refractivity contribution in [2.45, 2.75) is 19.5 Å². The number of aromatic nitrogens is 2. The molecule has 0 spiro atoms. The zero-order valence-corrected chi connectivity index (χ0v) is 12.4. The first-order valence-corrected chi connectivity index (χ1v) is 6.74. The highest BCUT2D eigenvalue weighted by molar-refractivity contribution is 6.30. The second-order valence-electron chi connectivity index (χ2n) is 4.47. The topological polar surface area (TPSA) is 29.0 Å². The van der Waals surface area contributed by atoms with E-state index in [1.54, 1.807) is 12.4 Å². The lowest BCUT2D eigenvalue weighted by Crippen LogP contribution is -2.22. The Kier molecular flexibility index (Phi) is 4.75. The summed E-state index contributed by atoms with van der Waals surface area (Å²) in [5.74, 6) is 0. The van der Waals surface area contributed by atoms with Crippen molar-refractivity contribution in [3.8, 4) is 0 Å². The Morgan fingerprint density at radius 2 is 1.79 bits per heavy atom. The Labute approximate surface area is 123 Å². The van der Waals surface area contributed by atoms with Crippen molar-refractivity contribution in [1.29, 1.82) is 0 Å². The van der Waals surface area contributed by atoms with Gasteiger partial charge < -0.3 is 0 Å². The quantitative estimate of drug-likeness (QED) is 0.854. The molecule has 100 valence electrons. The highest BCUT2D eigenvalue weighted by atomic mass is 35.5. The van der Waals surface area contributed by atoms with Crippen LogP contribution in [0.4, 0.5) is 0 Å². The van der Waals surface area contributed by atoms with Crippen LogP contribution in [0.15, 0.2) is 36.7 Å². The minimum atomic E-state index is 0.273. The molecule has 1 atom stereocenters. The molecule has 1 aromatic carbocycles. The van der Waals surface area contributed by atoms with E-state index in [-0.39, 0.29) is 6.04 Å². The van der Waals surface area contributed by atoms with Crippen molar-refractivity contribution in [3.63, 3.8) is 0 Å². The predicted molar refractivity (Wildman–Crippen MR) is 78.4 cm³/mol. The number of rotatable bonds is 4. The molecule has 1 aromatic heterocycles. The third-order valence-corrected chi connectivity index (χ3v) is 3.55. The van der Waals surface area contributed by atoms with E-state index in [0.717, 1.165) is 10.7 Å². The average molecular weight is 296 g/mol. The maximum Gasteiger partial charge on any atom is 0.147 e. The third kappa shape index (κ3) is 3.90. The van der Waals surface area contributed by atoms with Crippen LogP contribution >= 0.6 is 23.2 Å². The second kappa shape index (κ2) is 6.33. The summed E-state index contributed by atoms with van der Waals surface area (Å²) in [4.78, 5) is 10.5. The van der Waals surface area contributed by atoms with E-state index >= 15 is 0 Å².